The van der Waals surface area contributed by atoms with Gasteiger partial charge in [-0.15, -0.1) is 16.4 Å². The third-order valence-corrected chi connectivity index (χ3v) is 5.36. The Labute approximate surface area is 176 Å². The molecule has 1 amide bonds. The van der Waals surface area contributed by atoms with Gasteiger partial charge in [0.25, 0.3) is 5.91 Å². The Morgan fingerprint density at radius 3 is 2.40 bits per heavy atom. The molecule has 1 heterocycles. The highest BCUT2D eigenvalue weighted by molar-refractivity contribution is 7.07. The molecular weight excluding hydrogens is 398 g/mol. The number of carbonyl (C=O) groups is 3. The molecule has 0 bridgehead atoms. The number of nitrogens with zero attached hydrogens (tertiary/aromatic N) is 2. The zero-order chi connectivity index (χ0) is 20.9. The second-order valence-corrected chi connectivity index (χ2v) is 7.39. The number of allylic oxidation sites excluding steroid dienone is 3. The first-order chi connectivity index (χ1) is 14.6. The summed E-state index contributed by atoms with van der Waals surface area (Å²) in [5, 5.41) is 6.21. The summed E-state index contributed by atoms with van der Waals surface area (Å²) in [5.74, 6) is -1.63. The molecule has 1 N–H and O–H groups in total. The lowest BCUT2D eigenvalue weighted by molar-refractivity contribution is -0.122. The number of amides is 1. The fourth-order valence-corrected chi connectivity index (χ4v) is 3.89. The number of aromatic nitrogens is 1. The highest BCUT2D eigenvalue weighted by Gasteiger charge is 2.20. The normalized spacial score (nSPS) is 14.0. The lowest BCUT2D eigenvalue weighted by Gasteiger charge is -2.10. The van der Waals surface area contributed by atoms with E-state index >= 15 is 0 Å². The third kappa shape index (κ3) is 4.26. The van der Waals surface area contributed by atoms with E-state index < -0.39 is 17.5 Å². The van der Waals surface area contributed by atoms with E-state index in [1.165, 1.54) is 11.3 Å². The van der Waals surface area contributed by atoms with Crippen LogP contribution in [0.5, 0.6) is 0 Å². The van der Waals surface area contributed by atoms with E-state index in [1.54, 1.807) is 0 Å². The Hall–Kier alpha value is -3.84. The first-order valence-electron chi connectivity index (χ1n) is 9.21. The molecule has 30 heavy (non-hydrogen) atoms. The molecule has 1 aliphatic rings. The van der Waals surface area contributed by atoms with Gasteiger partial charge in [-0.2, -0.15) is 0 Å². The Morgan fingerprint density at radius 2 is 1.67 bits per heavy atom. The molecule has 1 aromatic heterocycles. The number of rotatable bonds is 5. The van der Waals surface area contributed by atoms with Gasteiger partial charge in [-0.1, -0.05) is 60.7 Å². The number of thiazole rings is 1. The van der Waals surface area contributed by atoms with Crippen molar-refractivity contribution in [2.45, 2.75) is 6.54 Å². The number of hydrogen-bond acceptors (Lipinski definition) is 5. The summed E-state index contributed by atoms with van der Waals surface area (Å²) in [6, 6.07) is 19.8. The van der Waals surface area contributed by atoms with Crippen LogP contribution in [-0.2, 0) is 20.9 Å². The highest BCUT2D eigenvalue weighted by atomic mass is 32.1. The summed E-state index contributed by atoms with van der Waals surface area (Å²) in [6.45, 7) is 0.562. The van der Waals surface area contributed by atoms with E-state index in [1.807, 2.05) is 70.6 Å². The minimum atomic E-state index is -0.710. The van der Waals surface area contributed by atoms with Crippen LogP contribution in [0.4, 0.5) is 0 Å². The first-order valence-corrected chi connectivity index (χ1v) is 10.1. The van der Waals surface area contributed by atoms with Gasteiger partial charge in [0.05, 0.1) is 17.8 Å². The lowest BCUT2D eigenvalue weighted by Crippen LogP contribution is -2.29. The minimum Gasteiger partial charge on any atom is -0.311 e. The van der Waals surface area contributed by atoms with Crippen molar-refractivity contribution in [1.82, 2.24) is 9.99 Å². The van der Waals surface area contributed by atoms with E-state index in [0.717, 1.165) is 35.0 Å². The summed E-state index contributed by atoms with van der Waals surface area (Å²) >= 11 is 1.38. The smallest absolute Gasteiger partial charge is 0.275 e. The van der Waals surface area contributed by atoms with Crippen LogP contribution in [0.1, 0.15) is 5.56 Å². The molecule has 1 aliphatic carbocycles. The van der Waals surface area contributed by atoms with Crippen LogP contribution in [0.3, 0.4) is 0 Å². The summed E-state index contributed by atoms with van der Waals surface area (Å²) in [6.07, 6.45) is 3.25. The molecule has 0 saturated carbocycles. The molecule has 6 nitrogen and oxygen atoms in total. The first kappa shape index (κ1) is 19.5. The Kier molecular flexibility index (Phi) is 5.63. The van der Waals surface area contributed by atoms with Crippen molar-refractivity contribution < 1.29 is 14.4 Å². The van der Waals surface area contributed by atoms with E-state index in [0.29, 0.717) is 11.3 Å². The standard InChI is InChI=1S/C23H17N3O3S/c27-18-11-12-21(28)19(13-18)22(29)24-25-23-26(14-16-7-3-1-4-8-16)20(15-30-23)17-9-5-2-6-10-17/h1-13,15H,14H2,(H,24,29)/b25-23+. The summed E-state index contributed by atoms with van der Waals surface area (Å²) in [5.41, 5.74) is 5.26. The van der Waals surface area contributed by atoms with E-state index in [9.17, 15) is 14.4 Å². The molecule has 0 aliphatic heterocycles. The second kappa shape index (κ2) is 8.67. The number of benzene rings is 2. The van der Waals surface area contributed by atoms with Gasteiger partial charge >= 0.3 is 0 Å². The van der Waals surface area contributed by atoms with Gasteiger partial charge in [-0.3, -0.25) is 14.4 Å². The van der Waals surface area contributed by atoms with Gasteiger partial charge in [-0.05, 0) is 23.3 Å². The van der Waals surface area contributed by atoms with Gasteiger partial charge < -0.3 is 4.57 Å². The zero-order valence-corrected chi connectivity index (χ0v) is 16.6. The molecule has 0 radical (unpaired) electrons. The van der Waals surface area contributed by atoms with Crippen molar-refractivity contribution in [1.29, 1.82) is 0 Å². The molecule has 0 saturated heterocycles. The van der Waals surface area contributed by atoms with Crippen LogP contribution >= 0.6 is 11.3 Å². The molecule has 2 aromatic carbocycles. The number of carbonyl (C=O) groups excluding carboxylic acids is 3. The quantitative estimate of drug-likeness (QED) is 0.395. The van der Waals surface area contributed by atoms with Gasteiger partial charge in [0.15, 0.2) is 11.6 Å². The van der Waals surface area contributed by atoms with E-state index in [4.69, 9.17) is 0 Å². The van der Waals surface area contributed by atoms with Crippen molar-refractivity contribution >= 4 is 28.8 Å². The fourth-order valence-electron chi connectivity index (χ4n) is 3.02. The van der Waals surface area contributed by atoms with Crippen molar-refractivity contribution in [3.05, 3.63) is 100 Å². The topological polar surface area (TPSA) is 80.5 Å². The van der Waals surface area contributed by atoms with Crippen LogP contribution in [0.25, 0.3) is 11.3 Å². The van der Waals surface area contributed by atoms with Crippen LogP contribution in [0.15, 0.2) is 94.9 Å². The van der Waals surface area contributed by atoms with Gasteiger partial charge in [0.2, 0.25) is 4.80 Å². The molecule has 0 fully saturated rings. The Balaban J connectivity index is 1.69. The molecule has 7 heteroatoms. The summed E-state index contributed by atoms with van der Waals surface area (Å²) in [7, 11) is 0. The maximum absolute atomic E-state index is 12.4. The minimum absolute atomic E-state index is 0.222. The molecule has 3 aromatic rings. The maximum Gasteiger partial charge on any atom is 0.275 e. The lowest BCUT2D eigenvalue weighted by atomic mass is 10.0. The monoisotopic (exact) mass is 415 g/mol. The zero-order valence-electron chi connectivity index (χ0n) is 15.8. The molecule has 0 unspecified atom stereocenters. The molecular formula is C23H17N3O3S. The van der Waals surface area contributed by atoms with Crippen molar-refractivity contribution in [2.75, 3.05) is 0 Å². The number of nitrogens with one attached hydrogen (secondary N) is 1. The average Bonchev–Trinajstić information content (AvgIpc) is 3.17. The van der Waals surface area contributed by atoms with Crippen molar-refractivity contribution in [3.8, 4) is 11.3 Å². The van der Waals surface area contributed by atoms with Gasteiger partial charge in [0.1, 0.15) is 0 Å². The molecule has 4 rings (SSSR count). The highest BCUT2D eigenvalue weighted by Crippen LogP contribution is 2.20. The second-order valence-electron chi connectivity index (χ2n) is 6.55. The van der Waals surface area contributed by atoms with Gasteiger partial charge in [-0.25, -0.2) is 5.43 Å². The Bertz CT molecular complexity index is 1240. The molecule has 148 valence electrons. The largest absolute Gasteiger partial charge is 0.311 e. The predicted molar refractivity (Wildman–Crippen MR) is 114 cm³/mol. The summed E-state index contributed by atoms with van der Waals surface area (Å²) < 4.78 is 2.00. The molecule has 0 atom stereocenters. The predicted octanol–water partition coefficient (Wildman–Crippen LogP) is 2.83. The number of hydrogen-bond donors (Lipinski definition) is 1. The van der Waals surface area contributed by atoms with Gasteiger partial charge in [0, 0.05) is 11.5 Å². The van der Waals surface area contributed by atoms with Crippen molar-refractivity contribution in [2.24, 2.45) is 5.10 Å². The van der Waals surface area contributed by atoms with Crippen LogP contribution in [0.2, 0.25) is 0 Å². The van der Waals surface area contributed by atoms with Crippen molar-refractivity contribution in [3.63, 3.8) is 0 Å². The summed E-state index contributed by atoms with van der Waals surface area (Å²) in [4.78, 5) is 36.3. The van der Waals surface area contributed by atoms with Crippen LogP contribution in [-0.4, -0.2) is 22.0 Å². The van der Waals surface area contributed by atoms with E-state index in [2.05, 4.69) is 10.5 Å². The molecule has 0 spiro atoms. The SMILES string of the molecule is O=C1C=CC(=O)C(C(=O)N/N=c2/scc(-c3ccccc3)n2Cc2ccccc2)=C1. The van der Waals surface area contributed by atoms with Crippen LogP contribution in [0, 0.1) is 0 Å². The average molecular weight is 415 g/mol. The number of ketones is 2. The fraction of sp³-hybridized carbons (Fsp3) is 0.0435. The maximum atomic E-state index is 12.4. The van der Waals surface area contributed by atoms with Crippen LogP contribution < -0.4 is 10.2 Å². The third-order valence-electron chi connectivity index (χ3n) is 4.50. The van der Waals surface area contributed by atoms with E-state index in [-0.39, 0.29) is 5.57 Å². The Morgan fingerprint density at radius 1 is 0.967 bits per heavy atom.